The molecule has 0 spiro atoms. The summed E-state index contributed by atoms with van der Waals surface area (Å²) in [5, 5.41) is 2.33. The molecule has 2 aromatic rings. The number of thioether (sulfide) groups is 1. The highest BCUT2D eigenvalue weighted by molar-refractivity contribution is 8.00. The van der Waals surface area contributed by atoms with E-state index >= 15 is 0 Å². The van der Waals surface area contributed by atoms with Gasteiger partial charge in [0.05, 0.1) is 5.75 Å². The number of rotatable bonds is 8. The van der Waals surface area contributed by atoms with Crippen LogP contribution in [0.25, 0.3) is 0 Å². The first-order chi connectivity index (χ1) is 11.5. The Bertz CT molecular complexity index is 746. The standard InChI is InChI=1S/C18H21NO3S2/c1-2-24(21,22)14-13-19-18(20)17(15-9-5-3-6-10-15)23-16-11-7-4-8-12-16/h3-12,17H,2,13-14H2,1H3,(H,19,20). The van der Waals surface area contributed by atoms with E-state index in [2.05, 4.69) is 5.32 Å². The Hall–Kier alpha value is -1.79. The number of hydrogen-bond donors (Lipinski definition) is 1. The molecule has 0 aromatic heterocycles. The van der Waals surface area contributed by atoms with Crippen LogP contribution in [0.5, 0.6) is 0 Å². The van der Waals surface area contributed by atoms with Crippen LogP contribution in [0.15, 0.2) is 65.6 Å². The predicted molar refractivity (Wildman–Crippen MR) is 98.8 cm³/mol. The number of carbonyl (C=O) groups excluding carboxylic acids is 1. The maximum atomic E-state index is 12.6. The Morgan fingerprint density at radius 3 is 2.21 bits per heavy atom. The smallest absolute Gasteiger partial charge is 0.238 e. The molecule has 1 N–H and O–H groups in total. The average Bonchev–Trinajstić information content (AvgIpc) is 2.61. The number of benzene rings is 2. The van der Waals surface area contributed by atoms with Gasteiger partial charge in [-0.3, -0.25) is 4.79 Å². The van der Waals surface area contributed by atoms with E-state index in [1.165, 1.54) is 11.8 Å². The monoisotopic (exact) mass is 363 g/mol. The Morgan fingerprint density at radius 2 is 1.62 bits per heavy atom. The van der Waals surface area contributed by atoms with Crippen LogP contribution in [-0.2, 0) is 14.6 Å². The lowest BCUT2D eigenvalue weighted by Crippen LogP contribution is -2.32. The maximum Gasteiger partial charge on any atom is 0.238 e. The second-order valence-corrected chi connectivity index (χ2v) is 8.90. The first kappa shape index (κ1) is 18.5. The minimum absolute atomic E-state index is 0.0350. The third-order valence-electron chi connectivity index (χ3n) is 3.49. The molecule has 0 aliphatic carbocycles. The molecular weight excluding hydrogens is 342 g/mol. The number of hydrogen-bond acceptors (Lipinski definition) is 4. The zero-order valence-corrected chi connectivity index (χ0v) is 15.1. The summed E-state index contributed by atoms with van der Waals surface area (Å²) in [6, 6.07) is 19.2. The highest BCUT2D eigenvalue weighted by Gasteiger charge is 2.22. The van der Waals surface area contributed by atoms with Crippen molar-refractivity contribution in [3.63, 3.8) is 0 Å². The molecule has 1 amide bonds. The fourth-order valence-electron chi connectivity index (χ4n) is 2.10. The van der Waals surface area contributed by atoms with E-state index in [-0.39, 0.29) is 24.0 Å². The molecule has 24 heavy (non-hydrogen) atoms. The summed E-state index contributed by atoms with van der Waals surface area (Å²) in [6.07, 6.45) is 0. The largest absolute Gasteiger partial charge is 0.354 e. The summed E-state index contributed by atoms with van der Waals surface area (Å²) in [5.74, 6) is -0.127. The summed E-state index contributed by atoms with van der Waals surface area (Å²) in [7, 11) is -3.09. The van der Waals surface area contributed by atoms with E-state index in [9.17, 15) is 13.2 Å². The van der Waals surface area contributed by atoms with Crippen LogP contribution in [-0.4, -0.2) is 32.4 Å². The Morgan fingerprint density at radius 1 is 1.04 bits per heavy atom. The normalized spacial score (nSPS) is 12.5. The highest BCUT2D eigenvalue weighted by atomic mass is 32.2. The first-order valence-electron chi connectivity index (χ1n) is 7.76. The molecule has 0 fully saturated rings. The third kappa shape index (κ3) is 5.69. The fourth-order valence-corrected chi connectivity index (χ4v) is 3.87. The molecule has 0 aliphatic heterocycles. The van der Waals surface area contributed by atoms with Crippen molar-refractivity contribution in [3.05, 3.63) is 66.2 Å². The number of carbonyl (C=O) groups is 1. The molecular formula is C18H21NO3S2. The van der Waals surface area contributed by atoms with Crippen molar-refractivity contribution in [3.8, 4) is 0 Å². The summed E-state index contributed by atoms with van der Waals surface area (Å²) in [6.45, 7) is 1.74. The molecule has 0 heterocycles. The minimum atomic E-state index is -3.09. The zero-order chi connectivity index (χ0) is 17.4. The van der Waals surface area contributed by atoms with Gasteiger partial charge in [-0.1, -0.05) is 55.5 Å². The second-order valence-electron chi connectivity index (χ2n) is 5.25. The number of nitrogens with one attached hydrogen (secondary N) is 1. The van der Waals surface area contributed by atoms with Gasteiger partial charge in [0.2, 0.25) is 5.91 Å². The maximum absolute atomic E-state index is 12.6. The van der Waals surface area contributed by atoms with Gasteiger partial charge in [0, 0.05) is 17.2 Å². The zero-order valence-electron chi connectivity index (χ0n) is 13.5. The summed E-state index contributed by atoms with van der Waals surface area (Å²) >= 11 is 1.45. The van der Waals surface area contributed by atoms with Gasteiger partial charge in [0.15, 0.2) is 9.84 Å². The van der Waals surface area contributed by atoms with Crippen molar-refractivity contribution in [1.29, 1.82) is 0 Å². The molecule has 128 valence electrons. The highest BCUT2D eigenvalue weighted by Crippen LogP contribution is 2.35. The van der Waals surface area contributed by atoms with Gasteiger partial charge < -0.3 is 5.32 Å². The van der Waals surface area contributed by atoms with E-state index in [1.54, 1.807) is 6.92 Å². The topological polar surface area (TPSA) is 63.2 Å². The van der Waals surface area contributed by atoms with Crippen LogP contribution >= 0.6 is 11.8 Å². The van der Waals surface area contributed by atoms with Crippen molar-refractivity contribution in [2.75, 3.05) is 18.1 Å². The quantitative estimate of drug-likeness (QED) is 0.732. The van der Waals surface area contributed by atoms with E-state index in [1.807, 2.05) is 60.7 Å². The molecule has 0 aliphatic rings. The lowest BCUT2D eigenvalue weighted by Gasteiger charge is -2.17. The summed E-state index contributed by atoms with van der Waals surface area (Å²) in [4.78, 5) is 13.6. The first-order valence-corrected chi connectivity index (χ1v) is 10.5. The van der Waals surface area contributed by atoms with Crippen LogP contribution in [0.4, 0.5) is 0 Å². The molecule has 0 saturated carbocycles. The van der Waals surface area contributed by atoms with Gasteiger partial charge >= 0.3 is 0 Å². The van der Waals surface area contributed by atoms with Gasteiger partial charge in [0.25, 0.3) is 0 Å². The second kappa shape index (κ2) is 8.89. The fraction of sp³-hybridized carbons (Fsp3) is 0.278. The Kier molecular flexibility index (Phi) is 6.87. The molecule has 4 nitrogen and oxygen atoms in total. The molecule has 0 saturated heterocycles. The van der Waals surface area contributed by atoms with Crippen LogP contribution < -0.4 is 5.32 Å². The average molecular weight is 364 g/mol. The van der Waals surface area contributed by atoms with Crippen molar-refractivity contribution < 1.29 is 13.2 Å². The minimum Gasteiger partial charge on any atom is -0.354 e. The van der Waals surface area contributed by atoms with Gasteiger partial charge in [-0.15, -0.1) is 11.8 Å². The van der Waals surface area contributed by atoms with Gasteiger partial charge in [-0.25, -0.2) is 8.42 Å². The summed E-state index contributed by atoms with van der Waals surface area (Å²) in [5.41, 5.74) is 0.891. The molecule has 2 aromatic carbocycles. The van der Waals surface area contributed by atoms with Gasteiger partial charge in [-0.05, 0) is 17.7 Å². The van der Waals surface area contributed by atoms with Crippen LogP contribution in [0.1, 0.15) is 17.7 Å². The lowest BCUT2D eigenvalue weighted by molar-refractivity contribution is -0.120. The Labute approximate surface area is 147 Å². The third-order valence-corrected chi connectivity index (χ3v) is 6.46. The molecule has 2 rings (SSSR count). The lowest BCUT2D eigenvalue weighted by atomic mass is 10.1. The predicted octanol–water partition coefficient (Wildman–Crippen LogP) is 3.07. The van der Waals surface area contributed by atoms with E-state index < -0.39 is 15.1 Å². The summed E-state index contributed by atoms with van der Waals surface area (Å²) < 4.78 is 23.1. The van der Waals surface area contributed by atoms with E-state index in [0.717, 1.165) is 10.5 Å². The Balaban J connectivity index is 2.09. The molecule has 1 unspecified atom stereocenters. The van der Waals surface area contributed by atoms with E-state index in [0.29, 0.717) is 0 Å². The molecule has 0 radical (unpaired) electrons. The van der Waals surface area contributed by atoms with Gasteiger partial charge in [-0.2, -0.15) is 0 Å². The van der Waals surface area contributed by atoms with Crippen LogP contribution in [0.3, 0.4) is 0 Å². The van der Waals surface area contributed by atoms with Crippen LogP contribution in [0, 0.1) is 0 Å². The van der Waals surface area contributed by atoms with Crippen molar-refractivity contribution in [1.82, 2.24) is 5.32 Å². The molecule has 0 bridgehead atoms. The van der Waals surface area contributed by atoms with Crippen molar-refractivity contribution >= 4 is 27.5 Å². The van der Waals surface area contributed by atoms with E-state index in [4.69, 9.17) is 0 Å². The molecule has 1 atom stereocenters. The van der Waals surface area contributed by atoms with Crippen molar-refractivity contribution in [2.24, 2.45) is 0 Å². The number of amides is 1. The van der Waals surface area contributed by atoms with Crippen molar-refractivity contribution in [2.45, 2.75) is 17.1 Å². The SMILES string of the molecule is CCS(=O)(=O)CCNC(=O)C(Sc1ccccc1)c1ccccc1. The molecule has 6 heteroatoms. The van der Waals surface area contributed by atoms with Gasteiger partial charge in [0.1, 0.15) is 5.25 Å². The number of sulfone groups is 1. The van der Waals surface area contributed by atoms with Crippen LogP contribution in [0.2, 0.25) is 0 Å².